The average Bonchev–Trinajstić information content (AvgIpc) is 2.76. The first-order valence-electron chi connectivity index (χ1n) is 5.31. The number of hydrogen-bond donors (Lipinski definition) is 2. The van der Waals surface area contributed by atoms with Crippen LogP contribution in [0.25, 0.3) is 10.7 Å². The summed E-state index contributed by atoms with van der Waals surface area (Å²) in [4.78, 5) is 9.00. The van der Waals surface area contributed by atoms with Crippen LogP contribution in [0.15, 0.2) is 15.9 Å². The Kier molecular flexibility index (Phi) is 3.12. The molecule has 0 saturated carbocycles. The van der Waals surface area contributed by atoms with Gasteiger partial charge in [-0.25, -0.2) is 4.98 Å². The summed E-state index contributed by atoms with van der Waals surface area (Å²) in [5.74, 6) is 0.881. The molecule has 3 nitrogen and oxygen atoms in total. The van der Waals surface area contributed by atoms with Crippen molar-refractivity contribution in [1.82, 2.24) is 15.3 Å². The highest BCUT2D eigenvalue weighted by atomic mass is 79.9. The third-order valence-electron chi connectivity index (χ3n) is 2.76. The molecule has 2 aromatic heterocycles. The molecule has 0 saturated heterocycles. The van der Waals surface area contributed by atoms with E-state index in [0.717, 1.165) is 40.2 Å². The molecule has 17 heavy (non-hydrogen) atoms. The van der Waals surface area contributed by atoms with Crippen LogP contribution in [-0.2, 0) is 13.0 Å². The van der Waals surface area contributed by atoms with Gasteiger partial charge in [-0.1, -0.05) is 12.2 Å². The summed E-state index contributed by atoms with van der Waals surface area (Å²) in [5, 5.41) is 5.36. The van der Waals surface area contributed by atoms with Gasteiger partial charge in [0.05, 0.1) is 4.88 Å². The lowest BCUT2D eigenvalue weighted by Gasteiger charge is -2.17. The van der Waals surface area contributed by atoms with E-state index in [0.29, 0.717) is 4.64 Å². The van der Waals surface area contributed by atoms with Crippen molar-refractivity contribution in [1.29, 1.82) is 0 Å². The van der Waals surface area contributed by atoms with Gasteiger partial charge in [-0.3, -0.25) is 0 Å². The van der Waals surface area contributed by atoms with Crippen LogP contribution in [0.3, 0.4) is 0 Å². The molecular formula is C11H10BrN3S2. The van der Waals surface area contributed by atoms with Gasteiger partial charge in [0, 0.05) is 40.6 Å². The number of thiophene rings is 1. The maximum absolute atomic E-state index is 5.35. The lowest BCUT2D eigenvalue weighted by Crippen LogP contribution is -2.25. The summed E-state index contributed by atoms with van der Waals surface area (Å²) < 4.78 is 1.79. The quantitative estimate of drug-likeness (QED) is 0.790. The van der Waals surface area contributed by atoms with Crippen molar-refractivity contribution in [2.45, 2.75) is 13.0 Å². The summed E-state index contributed by atoms with van der Waals surface area (Å²) in [7, 11) is 0. The number of rotatable bonds is 1. The Bertz CT molecular complexity index is 617. The molecule has 0 unspecified atom stereocenters. The van der Waals surface area contributed by atoms with Crippen molar-refractivity contribution in [2.75, 3.05) is 6.54 Å². The number of nitrogens with one attached hydrogen (secondary N) is 2. The van der Waals surface area contributed by atoms with Gasteiger partial charge in [0.15, 0.2) is 0 Å². The molecule has 0 spiro atoms. The van der Waals surface area contributed by atoms with Crippen LogP contribution in [0, 0.1) is 4.64 Å². The van der Waals surface area contributed by atoms with Gasteiger partial charge in [0.1, 0.15) is 10.5 Å². The molecule has 0 radical (unpaired) electrons. The number of H-pyrrole nitrogens is 1. The van der Waals surface area contributed by atoms with E-state index in [4.69, 9.17) is 12.2 Å². The molecule has 0 fully saturated rings. The summed E-state index contributed by atoms with van der Waals surface area (Å²) in [6.07, 6.45) is 0.987. The molecule has 2 aromatic rings. The Hall–Kier alpha value is -0.560. The van der Waals surface area contributed by atoms with Crippen LogP contribution in [-0.4, -0.2) is 16.5 Å². The second-order valence-corrected chi connectivity index (χ2v) is 6.12. The van der Waals surface area contributed by atoms with Gasteiger partial charge in [-0.15, -0.1) is 11.3 Å². The molecular weight excluding hydrogens is 318 g/mol. The zero-order valence-corrected chi connectivity index (χ0v) is 12.1. The lowest BCUT2D eigenvalue weighted by atomic mass is 10.1. The van der Waals surface area contributed by atoms with Crippen LogP contribution in [0.1, 0.15) is 11.3 Å². The third-order valence-corrected chi connectivity index (χ3v) is 4.79. The molecule has 0 aromatic carbocycles. The van der Waals surface area contributed by atoms with Crippen LogP contribution in [0.2, 0.25) is 0 Å². The predicted octanol–water partition coefficient (Wildman–Crippen LogP) is 3.28. The van der Waals surface area contributed by atoms with Crippen molar-refractivity contribution in [3.05, 3.63) is 31.8 Å². The van der Waals surface area contributed by atoms with E-state index in [1.165, 1.54) is 5.69 Å². The van der Waals surface area contributed by atoms with E-state index in [1.807, 2.05) is 0 Å². The fourth-order valence-electron chi connectivity index (χ4n) is 1.92. The highest BCUT2D eigenvalue weighted by Crippen LogP contribution is 2.28. The Morgan fingerprint density at radius 1 is 1.47 bits per heavy atom. The Morgan fingerprint density at radius 2 is 2.35 bits per heavy atom. The lowest BCUT2D eigenvalue weighted by molar-refractivity contribution is 0.625. The predicted molar refractivity (Wildman–Crippen MR) is 75.8 cm³/mol. The zero-order chi connectivity index (χ0) is 11.8. The molecule has 1 aliphatic rings. The molecule has 0 bridgehead atoms. The molecule has 3 heterocycles. The first-order valence-corrected chi connectivity index (χ1v) is 7.39. The topological polar surface area (TPSA) is 40.7 Å². The van der Waals surface area contributed by atoms with E-state index in [-0.39, 0.29) is 0 Å². The zero-order valence-electron chi connectivity index (χ0n) is 8.92. The highest BCUT2D eigenvalue weighted by molar-refractivity contribution is 9.10. The third kappa shape index (κ3) is 2.22. The van der Waals surface area contributed by atoms with Crippen molar-refractivity contribution >= 4 is 39.5 Å². The maximum Gasteiger partial charge on any atom is 0.149 e. The molecule has 2 N–H and O–H groups in total. The largest absolute Gasteiger partial charge is 0.342 e. The maximum atomic E-state index is 5.35. The second-order valence-electron chi connectivity index (χ2n) is 3.90. The van der Waals surface area contributed by atoms with Crippen molar-refractivity contribution in [3.8, 4) is 10.7 Å². The van der Waals surface area contributed by atoms with Gasteiger partial charge in [0.25, 0.3) is 0 Å². The fourth-order valence-corrected chi connectivity index (χ4v) is 3.58. The Balaban J connectivity index is 2.13. The number of halogens is 1. The van der Waals surface area contributed by atoms with E-state index in [2.05, 4.69) is 42.7 Å². The molecule has 1 aliphatic heterocycles. The first-order chi connectivity index (χ1) is 8.24. The molecule has 3 rings (SSSR count). The minimum Gasteiger partial charge on any atom is -0.342 e. The van der Waals surface area contributed by atoms with Crippen molar-refractivity contribution in [3.63, 3.8) is 0 Å². The number of nitrogens with zero attached hydrogens (tertiary/aromatic N) is 1. The minimum absolute atomic E-state index is 0.713. The van der Waals surface area contributed by atoms with Gasteiger partial charge in [-0.2, -0.15) is 0 Å². The summed E-state index contributed by atoms with van der Waals surface area (Å²) in [5.41, 5.74) is 2.37. The molecule has 0 amide bonds. The van der Waals surface area contributed by atoms with E-state index >= 15 is 0 Å². The first kappa shape index (κ1) is 11.5. The van der Waals surface area contributed by atoms with Crippen LogP contribution in [0.4, 0.5) is 0 Å². The Morgan fingerprint density at radius 3 is 3.12 bits per heavy atom. The molecule has 6 heteroatoms. The van der Waals surface area contributed by atoms with E-state index < -0.39 is 0 Å². The second kappa shape index (κ2) is 4.61. The standard InChI is InChI=1S/C11H10BrN3S2/c12-6-3-9(17-5-6)10-14-8-1-2-13-4-7(8)11(16)15-10/h3,5,13H,1-2,4H2,(H,14,15,16). The average molecular weight is 328 g/mol. The number of aromatic amines is 1. The number of fused-ring (bicyclic) bond motifs is 1. The minimum atomic E-state index is 0.713. The summed E-state index contributed by atoms with van der Waals surface area (Å²) >= 11 is 10.5. The highest BCUT2D eigenvalue weighted by Gasteiger charge is 2.14. The van der Waals surface area contributed by atoms with Crippen LogP contribution in [0.5, 0.6) is 0 Å². The van der Waals surface area contributed by atoms with Crippen molar-refractivity contribution < 1.29 is 0 Å². The van der Waals surface area contributed by atoms with Gasteiger partial charge < -0.3 is 10.3 Å². The van der Waals surface area contributed by atoms with Crippen molar-refractivity contribution in [2.24, 2.45) is 0 Å². The Labute approximate surface area is 116 Å². The molecule has 88 valence electrons. The van der Waals surface area contributed by atoms with E-state index in [9.17, 15) is 0 Å². The normalized spacial score (nSPS) is 14.6. The van der Waals surface area contributed by atoms with Gasteiger partial charge in [0.2, 0.25) is 0 Å². The van der Waals surface area contributed by atoms with E-state index in [1.54, 1.807) is 11.3 Å². The monoisotopic (exact) mass is 327 g/mol. The SMILES string of the molecule is S=c1nc(-c2cc(Br)cs2)[nH]c2c1CNCC2. The molecule has 0 aliphatic carbocycles. The summed E-state index contributed by atoms with van der Waals surface area (Å²) in [6, 6.07) is 2.06. The fraction of sp³-hybridized carbons (Fsp3) is 0.273. The number of hydrogen-bond acceptors (Lipinski definition) is 4. The van der Waals surface area contributed by atoms with Crippen LogP contribution < -0.4 is 5.32 Å². The number of aromatic nitrogens is 2. The van der Waals surface area contributed by atoms with Gasteiger partial charge in [-0.05, 0) is 22.0 Å². The van der Waals surface area contributed by atoms with Crippen LogP contribution >= 0.6 is 39.5 Å². The smallest absolute Gasteiger partial charge is 0.149 e. The summed E-state index contributed by atoms with van der Waals surface area (Å²) in [6.45, 7) is 1.82. The molecule has 0 atom stereocenters. The van der Waals surface area contributed by atoms with Gasteiger partial charge >= 0.3 is 0 Å².